The molecule has 0 atom stereocenters. The molecule has 25 heavy (non-hydrogen) atoms. The second-order valence-corrected chi connectivity index (χ2v) is 6.73. The van der Waals surface area contributed by atoms with Crippen LogP contribution in [0.3, 0.4) is 0 Å². The van der Waals surface area contributed by atoms with Crippen LogP contribution in [0, 0.1) is 5.82 Å². The second kappa shape index (κ2) is 8.40. The summed E-state index contributed by atoms with van der Waals surface area (Å²) < 4.78 is 19.1. The van der Waals surface area contributed by atoms with E-state index in [0.717, 1.165) is 19.6 Å². The number of hydrogen-bond donors (Lipinski definition) is 0. The molecule has 1 aromatic heterocycles. The molecule has 1 aromatic carbocycles. The fourth-order valence-corrected chi connectivity index (χ4v) is 3.19. The van der Waals surface area contributed by atoms with Crippen LogP contribution in [0.1, 0.15) is 5.56 Å². The van der Waals surface area contributed by atoms with Crippen LogP contribution in [-0.4, -0.2) is 53.5 Å². The number of nitrogens with zero attached hydrogens (tertiary/aromatic N) is 3. The van der Waals surface area contributed by atoms with Crippen LogP contribution < -0.4 is 4.74 Å². The minimum Gasteiger partial charge on any atom is -0.483 e. The van der Waals surface area contributed by atoms with E-state index in [9.17, 15) is 9.18 Å². The molecule has 3 rings (SSSR count). The maximum absolute atomic E-state index is 13.1. The summed E-state index contributed by atoms with van der Waals surface area (Å²) in [7, 11) is 0. The van der Waals surface area contributed by atoms with Crippen molar-refractivity contribution in [3.63, 3.8) is 0 Å². The van der Waals surface area contributed by atoms with Gasteiger partial charge in [0.05, 0.1) is 4.47 Å². The summed E-state index contributed by atoms with van der Waals surface area (Å²) in [4.78, 5) is 20.4. The first-order valence-electron chi connectivity index (χ1n) is 8.09. The van der Waals surface area contributed by atoms with E-state index in [2.05, 4.69) is 25.8 Å². The average Bonchev–Trinajstić information content (AvgIpc) is 2.62. The van der Waals surface area contributed by atoms with E-state index in [1.807, 2.05) is 12.1 Å². The normalized spacial score (nSPS) is 15.2. The van der Waals surface area contributed by atoms with Crippen molar-refractivity contribution in [1.29, 1.82) is 0 Å². The number of carbonyl (C=O) groups is 1. The largest absolute Gasteiger partial charge is 0.483 e. The second-order valence-electron chi connectivity index (χ2n) is 5.88. The van der Waals surface area contributed by atoms with Gasteiger partial charge in [-0.05, 0) is 51.8 Å². The van der Waals surface area contributed by atoms with E-state index < -0.39 is 0 Å². The van der Waals surface area contributed by atoms with Gasteiger partial charge in [-0.3, -0.25) is 14.7 Å². The number of benzene rings is 1. The van der Waals surface area contributed by atoms with Crippen LogP contribution in [0.25, 0.3) is 0 Å². The maximum atomic E-state index is 13.1. The van der Waals surface area contributed by atoms with E-state index in [1.165, 1.54) is 23.8 Å². The van der Waals surface area contributed by atoms with E-state index in [0.29, 0.717) is 23.3 Å². The maximum Gasteiger partial charge on any atom is 0.260 e. The molecule has 0 N–H and O–H groups in total. The Morgan fingerprint density at radius 3 is 2.56 bits per heavy atom. The highest BCUT2D eigenvalue weighted by Gasteiger charge is 2.21. The van der Waals surface area contributed by atoms with Crippen LogP contribution in [0.4, 0.5) is 4.39 Å². The van der Waals surface area contributed by atoms with Gasteiger partial charge in [0.15, 0.2) is 6.61 Å². The highest BCUT2D eigenvalue weighted by Crippen LogP contribution is 2.25. The minimum absolute atomic E-state index is 0.0470. The first kappa shape index (κ1) is 17.8. The van der Waals surface area contributed by atoms with E-state index >= 15 is 0 Å². The number of aromatic nitrogens is 1. The molecule has 2 heterocycles. The number of halogens is 2. The molecule has 1 amide bonds. The molecule has 1 aliphatic rings. The number of rotatable bonds is 5. The quantitative estimate of drug-likeness (QED) is 0.764. The lowest BCUT2D eigenvalue weighted by molar-refractivity contribution is -0.135. The Balaban J connectivity index is 1.45. The Bertz CT molecular complexity index is 722. The van der Waals surface area contributed by atoms with Gasteiger partial charge < -0.3 is 9.64 Å². The fourth-order valence-electron chi connectivity index (χ4n) is 2.72. The fraction of sp³-hybridized carbons (Fsp3) is 0.333. The first-order valence-corrected chi connectivity index (χ1v) is 8.88. The Morgan fingerprint density at radius 2 is 1.88 bits per heavy atom. The van der Waals surface area contributed by atoms with Gasteiger partial charge in [0.25, 0.3) is 5.91 Å². The van der Waals surface area contributed by atoms with Crippen molar-refractivity contribution in [3.05, 3.63) is 58.6 Å². The number of carbonyl (C=O) groups excluding carboxylic acids is 1. The van der Waals surface area contributed by atoms with Crippen LogP contribution in [0.5, 0.6) is 5.75 Å². The predicted molar refractivity (Wildman–Crippen MR) is 95.7 cm³/mol. The van der Waals surface area contributed by atoms with Gasteiger partial charge in [0.2, 0.25) is 0 Å². The Hall–Kier alpha value is -1.99. The SMILES string of the molecule is O=C(COc1ccc(F)cc1Br)N1CCN(Cc2ccncc2)CC1. The number of hydrogen-bond acceptors (Lipinski definition) is 4. The van der Waals surface area contributed by atoms with Crippen molar-refractivity contribution in [1.82, 2.24) is 14.8 Å². The van der Waals surface area contributed by atoms with Crippen molar-refractivity contribution in [2.45, 2.75) is 6.54 Å². The zero-order valence-electron chi connectivity index (χ0n) is 13.7. The summed E-state index contributed by atoms with van der Waals surface area (Å²) in [6.45, 7) is 3.83. The van der Waals surface area contributed by atoms with E-state index in [1.54, 1.807) is 17.3 Å². The highest BCUT2D eigenvalue weighted by atomic mass is 79.9. The zero-order valence-corrected chi connectivity index (χ0v) is 15.3. The van der Waals surface area contributed by atoms with Crippen molar-refractivity contribution >= 4 is 21.8 Å². The highest BCUT2D eigenvalue weighted by molar-refractivity contribution is 9.10. The van der Waals surface area contributed by atoms with E-state index in [-0.39, 0.29) is 18.3 Å². The van der Waals surface area contributed by atoms with Crippen molar-refractivity contribution in [2.24, 2.45) is 0 Å². The van der Waals surface area contributed by atoms with Gasteiger partial charge in [-0.2, -0.15) is 0 Å². The molecule has 2 aromatic rings. The van der Waals surface area contributed by atoms with Crippen molar-refractivity contribution in [2.75, 3.05) is 32.8 Å². The average molecular weight is 408 g/mol. The summed E-state index contributed by atoms with van der Waals surface area (Å²) in [5.41, 5.74) is 1.22. The lowest BCUT2D eigenvalue weighted by Crippen LogP contribution is -2.49. The third-order valence-electron chi connectivity index (χ3n) is 4.13. The zero-order chi connectivity index (χ0) is 17.6. The lowest BCUT2D eigenvalue weighted by atomic mass is 10.2. The Labute approximate surface area is 154 Å². The number of ether oxygens (including phenoxy) is 1. The van der Waals surface area contributed by atoms with Crippen molar-refractivity contribution < 1.29 is 13.9 Å². The standard InChI is InChI=1S/C18H19BrFN3O2/c19-16-11-15(20)1-2-17(16)25-13-18(24)23-9-7-22(8-10-23)12-14-3-5-21-6-4-14/h1-6,11H,7-10,12-13H2. The number of pyridine rings is 1. The predicted octanol–water partition coefficient (Wildman–Crippen LogP) is 2.71. The molecule has 1 aliphatic heterocycles. The smallest absolute Gasteiger partial charge is 0.260 e. The molecule has 0 radical (unpaired) electrons. The molecule has 0 saturated carbocycles. The van der Waals surface area contributed by atoms with Gasteiger partial charge >= 0.3 is 0 Å². The van der Waals surface area contributed by atoms with Crippen LogP contribution >= 0.6 is 15.9 Å². The van der Waals surface area contributed by atoms with Gasteiger partial charge in [0.1, 0.15) is 11.6 Å². The summed E-state index contributed by atoms with van der Waals surface area (Å²) in [6, 6.07) is 8.15. The minimum atomic E-state index is -0.351. The topological polar surface area (TPSA) is 45.7 Å². The molecule has 7 heteroatoms. The molecule has 0 unspecified atom stereocenters. The van der Waals surface area contributed by atoms with Crippen molar-refractivity contribution in [3.8, 4) is 5.75 Å². The summed E-state index contributed by atoms with van der Waals surface area (Å²) in [5.74, 6) is 0.0572. The van der Waals surface area contributed by atoms with E-state index in [4.69, 9.17) is 4.74 Å². The Morgan fingerprint density at radius 1 is 1.16 bits per heavy atom. The molecule has 1 saturated heterocycles. The van der Waals surface area contributed by atoms with Crippen LogP contribution in [-0.2, 0) is 11.3 Å². The number of amides is 1. The summed E-state index contributed by atoms with van der Waals surface area (Å²) in [5, 5.41) is 0. The van der Waals surface area contributed by atoms with Gasteiger partial charge in [0, 0.05) is 45.1 Å². The summed E-state index contributed by atoms with van der Waals surface area (Å²) >= 11 is 3.23. The third-order valence-corrected chi connectivity index (χ3v) is 4.75. The molecular formula is C18H19BrFN3O2. The summed E-state index contributed by atoms with van der Waals surface area (Å²) in [6.07, 6.45) is 3.58. The van der Waals surface area contributed by atoms with Crippen LogP contribution in [0.2, 0.25) is 0 Å². The molecule has 5 nitrogen and oxygen atoms in total. The monoisotopic (exact) mass is 407 g/mol. The van der Waals surface area contributed by atoms with Gasteiger partial charge in [-0.25, -0.2) is 4.39 Å². The molecule has 1 fully saturated rings. The first-order chi connectivity index (χ1) is 12.1. The molecule has 0 aliphatic carbocycles. The molecule has 0 spiro atoms. The molecular weight excluding hydrogens is 389 g/mol. The lowest BCUT2D eigenvalue weighted by Gasteiger charge is -2.34. The third kappa shape index (κ3) is 4.99. The Kier molecular flexibility index (Phi) is 5.99. The molecule has 0 bridgehead atoms. The van der Waals surface area contributed by atoms with Gasteiger partial charge in [-0.1, -0.05) is 0 Å². The molecule has 132 valence electrons. The van der Waals surface area contributed by atoms with Gasteiger partial charge in [-0.15, -0.1) is 0 Å². The van der Waals surface area contributed by atoms with Crippen LogP contribution in [0.15, 0.2) is 47.2 Å². The number of piperazine rings is 1.